The van der Waals surface area contributed by atoms with Crippen molar-refractivity contribution < 1.29 is 0 Å². The average molecular weight is 575 g/mol. The minimum absolute atomic E-state index is 1.09. The van der Waals surface area contributed by atoms with Crippen molar-refractivity contribution in [1.82, 2.24) is 4.57 Å². The van der Waals surface area contributed by atoms with Gasteiger partial charge in [-0.1, -0.05) is 113 Å². The van der Waals surface area contributed by atoms with Gasteiger partial charge in [-0.25, -0.2) is 0 Å². The van der Waals surface area contributed by atoms with Crippen LogP contribution in [-0.2, 0) is 0 Å². The van der Waals surface area contributed by atoms with Crippen LogP contribution in [-0.4, -0.2) is 4.57 Å². The Bertz CT molecular complexity index is 2230. The smallest absolute Gasteiger partial charge is 0.0541 e. The number of nitrogens with zero attached hydrogens (tertiary/aromatic N) is 1. The Morgan fingerprint density at radius 3 is 2.00 bits per heavy atom. The van der Waals surface area contributed by atoms with Crippen molar-refractivity contribution in [3.8, 4) is 27.9 Å². The van der Waals surface area contributed by atoms with Gasteiger partial charge in [0.2, 0.25) is 0 Å². The third-order valence-corrected chi connectivity index (χ3v) is 8.49. The summed E-state index contributed by atoms with van der Waals surface area (Å²) < 4.78 is 3.50. The van der Waals surface area contributed by atoms with Gasteiger partial charge >= 0.3 is 0 Å². The number of halogens is 1. The Kier molecular flexibility index (Phi) is 5.36. The molecule has 0 N–H and O–H groups in total. The minimum Gasteiger partial charge on any atom is -0.309 e. The van der Waals surface area contributed by atoms with E-state index < -0.39 is 0 Å². The fourth-order valence-electron chi connectivity index (χ4n) is 6.13. The zero-order valence-corrected chi connectivity index (χ0v) is 23.3. The first-order chi connectivity index (χ1) is 19.7. The zero-order valence-electron chi connectivity index (χ0n) is 21.7. The second-order valence-electron chi connectivity index (χ2n) is 10.4. The van der Waals surface area contributed by atoms with Gasteiger partial charge in [0.25, 0.3) is 0 Å². The van der Waals surface area contributed by atoms with Crippen LogP contribution in [0, 0.1) is 0 Å². The molecule has 8 aromatic rings. The molecule has 40 heavy (non-hydrogen) atoms. The lowest BCUT2D eigenvalue weighted by Crippen LogP contribution is -1.96. The average Bonchev–Trinajstić information content (AvgIpc) is 3.34. The lowest BCUT2D eigenvalue weighted by Gasteiger charge is -2.15. The molecule has 0 saturated carbocycles. The van der Waals surface area contributed by atoms with Gasteiger partial charge in [0, 0.05) is 20.9 Å². The number of hydrogen-bond acceptors (Lipinski definition) is 0. The van der Waals surface area contributed by atoms with Crippen molar-refractivity contribution in [3.63, 3.8) is 0 Å². The molecule has 1 heterocycles. The molecular weight excluding hydrogens is 550 g/mol. The highest BCUT2D eigenvalue weighted by Gasteiger charge is 2.15. The Labute approximate surface area is 241 Å². The monoisotopic (exact) mass is 573 g/mol. The third-order valence-electron chi connectivity index (χ3n) is 7.99. The number of para-hydroxylation sites is 1. The van der Waals surface area contributed by atoms with Crippen LogP contribution in [0.5, 0.6) is 0 Å². The highest BCUT2D eigenvalue weighted by molar-refractivity contribution is 9.10. The van der Waals surface area contributed by atoms with E-state index in [9.17, 15) is 0 Å². The minimum atomic E-state index is 1.09. The van der Waals surface area contributed by atoms with E-state index in [2.05, 4.69) is 166 Å². The second-order valence-corrected chi connectivity index (χ2v) is 11.3. The van der Waals surface area contributed by atoms with Gasteiger partial charge in [0.15, 0.2) is 0 Å². The van der Waals surface area contributed by atoms with Gasteiger partial charge in [0.05, 0.1) is 11.0 Å². The van der Waals surface area contributed by atoms with E-state index in [1.807, 2.05) is 0 Å². The van der Waals surface area contributed by atoms with Crippen molar-refractivity contribution in [2.75, 3.05) is 0 Å². The summed E-state index contributed by atoms with van der Waals surface area (Å²) >= 11 is 3.70. The molecule has 7 aromatic carbocycles. The van der Waals surface area contributed by atoms with E-state index in [0.717, 1.165) is 10.2 Å². The molecule has 0 spiro atoms. The summed E-state index contributed by atoms with van der Waals surface area (Å²) in [6.45, 7) is 0. The predicted molar refractivity (Wildman–Crippen MR) is 174 cm³/mol. The second kappa shape index (κ2) is 9.22. The first kappa shape index (κ1) is 23.2. The lowest BCUT2D eigenvalue weighted by molar-refractivity contribution is 1.18. The fraction of sp³-hybridized carbons (Fsp3) is 0. The summed E-state index contributed by atoms with van der Waals surface area (Å²) in [7, 11) is 0. The van der Waals surface area contributed by atoms with Crippen LogP contribution in [0.2, 0.25) is 0 Å². The van der Waals surface area contributed by atoms with E-state index in [1.165, 1.54) is 65.6 Å². The van der Waals surface area contributed by atoms with E-state index >= 15 is 0 Å². The van der Waals surface area contributed by atoms with Crippen LogP contribution in [0.3, 0.4) is 0 Å². The van der Waals surface area contributed by atoms with E-state index in [0.29, 0.717) is 0 Å². The van der Waals surface area contributed by atoms with Crippen LogP contribution < -0.4 is 0 Å². The molecule has 0 aliphatic heterocycles. The largest absolute Gasteiger partial charge is 0.309 e. The van der Waals surface area contributed by atoms with Crippen molar-refractivity contribution in [1.29, 1.82) is 0 Å². The van der Waals surface area contributed by atoms with Gasteiger partial charge in [-0.05, 0) is 92.3 Å². The molecular formula is C38H24BrN. The normalized spacial score (nSPS) is 11.6. The Morgan fingerprint density at radius 1 is 0.400 bits per heavy atom. The molecule has 1 nitrogen and oxygen atoms in total. The number of hydrogen-bond donors (Lipinski definition) is 0. The Balaban J connectivity index is 1.46. The molecule has 0 atom stereocenters. The Hall–Kier alpha value is -4.66. The molecule has 0 aliphatic carbocycles. The molecule has 0 fully saturated rings. The maximum absolute atomic E-state index is 3.70. The van der Waals surface area contributed by atoms with Gasteiger partial charge in [-0.2, -0.15) is 0 Å². The summed E-state index contributed by atoms with van der Waals surface area (Å²) in [5, 5.41) is 7.51. The summed E-state index contributed by atoms with van der Waals surface area (Å²) in [6, 6.07) is 52.9. The molecule has 0 radical (unpaired) electrons. The first-order valence-corrected chi connectivity index (χ1v) is 14.3. The SMILES string of the molecule is Brc1ccc2c(c1)c1ccccc1n2-c1cc(-c2ccc3ccccc3c2)cc(-c2cccc3ccccc23)c1. The molecule has 188 valence electrons. The molecule has 0 bridgehead atoms. The molecule has 0 unspecified atom stereocenters. The van der Waals surface area contributed by atoms with E-state index in [1.54, 1.807) is 0 Å². The van der Waals surface area contributed by atoms with Crippen LogP contribution in [0.1, 0.15) is 0 Å². The standard InChI is InChI=1S/C38H24BrN/c39-31-18-19-38-36(24-31)35-13-5-6-15-37(35)40(38)32-22-29(28-17-16-25-8-1-2-10-27(25)20-28)21-30(23-32)34-14-7-11-26-9-3-4-12-33(26)34/h1-24H. The summed E-state index contributed by atoms with van der Waals surface area (Å²) in [5.41, 5.74) is 8.42. The van der Waals surface area contributed by atoms with Crippen molar-refractivity contribution in [3.05, 3.63) is 150 Å². The van der Waals surface area contributed by atoms with Crippen LogP contribution >= 0.6 is 15.9 Å². The van der Waals surface area contributed by atoms with Crippen molar-refractivity contribution in [2.45, 2.75) is 0 Å². The fourth-order valence-corrected chi connectivity index (χ4v) is 6.49. The van der Waals surface area contributed by atoms with E-state index in [4.69, 9.17) is 0 Å². The number of benzene rings is 7. The third kappa shape index (κ3) is 3.76. The highest BCUT2D eigenvalue weighted by atomic mass is 79.9. The maximum atomic E-state index is 3.70. The topological polar surface area (TPSA) is 4.93 Å². The number of fused-ring (bicyclic) bond motifs is 5. The van der Waals surface area contributed by atoms with Crippen LogP contribution in [0.4, 0.5) is 0 Å². The van der Waals surface area contributed by atoms with Gasteiger partial charge in [-0.3, -0.25) is 0 Å². The van der Waals surface area contributed by atoms with Gasteiger partial charge in [0.1, 0.15) is 0 Å². The summed E-state index contributed by atoms with van der Waals surface area (Å²) in [5.74, 6) is 0. The van der Waals surface area contributed by atoms with Gasteiger partial charge in [-0.15, -0.1) is 0 Å². The molecule has 1 aromatic heterocycles. The maximum Gasteiger partial charge on any atom is 0.0541 e. The molecule has 0 aliphatic rings. The van der Waals surface area contributed by atoms with Crippen molar-refractivity contribution >= 4 is 59.3 Å². The molecule has 2 heteroatoms. The summed E-state index contributed by atoms with van der Waals surface area (Å²) in [4.78, 5) is 0. The summed E-state index contributed by atoms with van der Waals surface area (Å²) in [6.07, 6.45) is 0. The van der Waals surface area contributed by atoms with Crippen LogP contribution in [0.25, 0.3) is 71.3 Å². The lowest BCUT2D eigenvalue weighted by atomic mass is 9.93. The molecule has 0 saturated heterocycles. The molecule has 8 rings (SSSR count). The van der Waals surface area contributed by atoms with Crippen molar-refractivity contribution in [2.24, 2.45) is 0 Å². The predicted octanol–water partition coefficient (Wildman–Crippen LogP) is 11.2. The van der Waals surface area contributed by atoms with Gasteiger partial charge < -0.3 is 4.57 Å². The zero-order chi connectivity index (χ0) is 26.6. The molecule has 0 amide bonds. The highest BCUT2D eigenvalue weighted by Crippen LogP contribution is 2.38. The first-order valence-electron chi connectivity index (χ1n) is 13.5. The van der Waals surface area contributed by atoms with E-state index in [-0.39, 0.29) is 0 Å². The quantitative estimate of drug-likeness (QED) is 0.198. The van der Waals surface area contributed by atoms with Crippen LogP contribution in [0.15, 0.2) is 150 Å². The number of rotatable bonds is 3. The number of aromatic nitrogens is 1. The Morgan fingerprint density at radius 2 is 1.10 bits per heavy atom.